The van der Waals surface area contributed by atoms with Gasteiger partial charge in [-0.05, 0) is 24.6 Å². The van der Waals surface area contributed by atoms with Gasteiger partial charge in [0.15, 0.2) is 0 Å². The number of nitrogens with zero attached hydrogens (tertiary/aromatic N) is 4. The zero-order valence-electron chi connectivity index (χ0n) is 14.6. The third-order valence-electron chi connectivity index (χ3n) is 4.77. The molecule has 0 radical (unpaired) electrons. The van der Waals surface area contributed by atoms with Crippen molar-refractivity contribution in [1.29, 1.82) is 0 Å². The van der Waals surface area contributed by atoms with Crippen LogP contribution in [-0.2, 0) is 23.1 Å². The number of nitrogens with one attached hydrogen (secondary N) is 1. The van der Waals surface area contributed by atoms with Crippen LogP contribution < -0.4 is 5.32 Å². The lowest BCUT2D eigenvalue weighted by Crippen LogP contribution is -2.47. The molecule has 2 amide bonds. The molecule has 2 atom stereocenters. The second kappa shape index (κ2) is 7.46. The largest absolute Gasteiger partial charge is 0.355 e. The first-order valence-corrected chi connectivity index (χ1v) is 8.49. The van der Waals surface area contributed by atoms with Gasteiger partial charge in [-0.1, -0.05) is 6.07 Å². The SMILES string of the molecule is CN1C(=O)CC[C@H](C(=O)NCCc2ccccn2)[C@H]1c1ccnn1C. The number of carbonyl (C=O) groups is 2. The van der Waals surface area contributed by atoms with E-state index in [0.717, 1.165) is 11.4 Å². The highest BCUT2D eigenvalue weighted by atomic mass is 16.2. The molecule has 0 unspecified atom stereocenters. The Morgan fingerprint density at radius 2 is 2.12 bits per heavy atom. The number of carbonyl (C=O) groups excluding carboxylic acids is 2. The molecule has 0 spiro atoms. The van der Waals surface area contributed by atoms with Gasteiger partial charge < -0.3 is 10.2 Å². The molecular formula is C18H23N5O2. The van der Waals surface area contributed by atoms with Crippen molar-refractivity contribution in [3.05, 3.63) is 48.0 Å². The van der Waals surface area contributed by atoms with Crippen molar-refractivity contribution in [3.8, 4) is 0 Å². The lowest BCUT2D eigenvalue weighted by molar-refractivity contribution is -0.141. The highest BCUT2D eigenvalue weighted by Crippen LogP contribution is 2.35. The van der Waals surface area contributed by atoms with Gasteiger partial charge in [-0.25, -0.2) is 0 Å². The van der Waals surface area contributed by atoms with Crippen LogP contribution in [0.3, 0.4) is 0 Å². The number of aryl methyl sites for hydroxylation is 1. The van der Waals surface area contributed by atoms with Crippen LogP contribution in [0, 0.1) is 5.92 Å². The molecule has 0 aliphatic carbocycles. The van der Waals surface area contributed by atoms with Crippen LogP contribution >= 0.6 is 0 Å². The molecule has 25 heavy (non-hydrogen) atoms. The molecule has 1 aliphatic rings. The Morgan fingerprint density at radius 3 is 2.80 bits per heavy atom. The van der Waals surface area contributed by atoms with Crippen molar-refractivity contribution in [3.63, 3.8) is 0 Å². The zero-order valence-corrected chi connectivity index (χ0v) is 14.6. The quantitative estimate of drug-likeness (QED) is 0.883. The number of amides is 2. The maximum atomic E-state index is 12.8. The summed E-state index contributed by atoms with van der Waals surface area (Å²) in [4.78, 5) is 30.8. The maximum Gasteiger partial charge on any atom is 0.225 e. The Kier molecular flexibility index (Phi) is 5.11. The van der Waals surface area contributed by atoms with Gasteiger partial charge in [0.25, 0.3) is 0 Å². The second-order valence-corrected chi connectivity index (χ2v) is 6.34. The maximum absolute atomic E-state index is 12.8. The standard InChI is InChI=1S/C18H23N5O2/c1-22-16(24)7-6-14(17(22)15-9-12-21-23(15)2)18(25)20-11-8-13-5-3-4-10-19-13/h3-5,9-10,12,14,17H,6-8,11H2,1-2H3,(H,20,25)/t14-,17-/m0/s1. The summed E-state index contributed by atoms with van der Waals surface area (Å²) in [7, 11) is 3.59. The van der Waals surface area contributed by atoms with E-state index in [1.54, 1.807) is 29.0 Å². The normalized spacial score (nSPS) is 20.6. The minimum absolute atomic E-state index is 0.0264. The van der Waals surface area contributed by atoms with Gasteiger partial charge in [-0.15, -0.1) is 0 Å². The summed E-state index contributed by atoms with van der Waals surface area (Å²) in [5.74, 6) is -0.243. The van der Waals surface area contributed by atoms with E-state index in [9.17, 15) is 9.59 Å². The minimum atomic E-state index is -0.288. The molecule has 3 rings (SSSR count). The van der Waals surface area contributed by atoms with E-state index in [2.05, 4.69) is 15.4 Å². The van der Waals surface area contributed by atoms with E-state index in [1.165, 1.54) is 0 Å². The number of aromatic nitrogens is 3. The number of rotatable bonds is 5. The lowest BCUT2D eigenvalue weighted by atomic mass is 9.86. The molecule has 0 bridgehead atoms. The van der Waals surface area contributed by atoms with Crippen LogP contribution in [0.15, 0.2) is 36.7 Å². The average Bonchev–Trinajstić information content (AvgIpc) is 3.03. The summed E-state index contributed by atoms with van der Waals surface area (Å²) in [5.41, 5.74) is 1.82. The van der Waals surface area contributed by atoms with Crippen LogP contribution in [0.2, 0.25) is 0 Å². The van der Waals surface area contributed by atoms with E-state index >= 15 is 0 Å². The summed E-state index contributed by atoms with van der Waals surface area (Å²) < 4.78 is 1.73. The summed E-state index contributed by atoms with van der Waals surface area (Å²) in [6, 6.07) is 7.33. The summed E-state index contributed by atoms with van der Waals surface area (Å²) in [5, 5.41) is 7.19. The highest BCUT2D eigenvalue weighted by molar-refractivity contribution is 5.84. The predicted molar refractivity (Wildman–Crippen MR) is 92.4 cm³/mol. The first kappa shape index (κ1) is 17.1. The number of likely N-dealkylation sites (tertiary alicyclic amines) is 1. The van der Waals surface area contributed by atoms with Crippen molar-refractivity contribution in [2.24, 2.45) is 13.0 Å². The molecule has 2 aromatic heterocycles. The van der Waals surface area contributed by atoms with Crippen LogP contribution in [0.1, 0.15) is 30.3 Å². The van der Waals surface area contributed by atoms with Gasteiger partial charge in [0.2, 0.25) is 11.8 Å². The van der Waals surface area contributed by atoms with Crippen molar-refractivity contribution >= 4 is 11.8 Å². The van der Waals surface area contributed by atoms with Gasteiger partial charge in [0.1, 0.15) is 0 Å². The molecule has 0 saturated carbocycles. The number of pyridine rings is 1. The lowest BCUT2D eigenvalue weighted by Gasteiger charge is -2.38. The van der Waals surface area contributed by atoms with Gasteiger partial charge >= 0.3 is 0 Å². The molecule has 1 fully saturated rings. The smallest absolute Gasteiger partial charge is 0.225 e. The van der Waals surface area contributed by atoms with Crippen molar-refractivity contribution < 1.29 is 9.59 Å². The Morgan fingerprint density at radius 1 is 1.28 bits per heavy atom. The Balaban J connectivity index is 1.69. The molecule has 2 aromatic rings. The van der Waals surface area contributed by atoms with Gasteiger partial charge in [-0.3, -0.25) is 19.3 Å². The Hall–Kier alpha value is -2.70. The zero-order chi connectivity index (χ0) is 17.8. The van der Waals surface area contributed by atoms with Gasteiger partial charge in [0.05, 0.1) is 17.7 Å². The fraction of sp³-hybridized carbons (Fsp3) is 0.444. The molecule has 0 aromatic carbocycles. The average molecular weight is 341 g/mol. The monoisotopic (exact) mass is 341 g/mol. The van der Waals surface area contributed by atoms with E-state index in [-0.39, 0.29) is 23.8 Å². The van der Waals surface area contributed by atoms with E-state index < -0.39 is 0 Å². The molecule has 3 heterocycles. The molecule has 1 N–H and O–H groups in total. The van der Waals surface area contributed by atoms with Crippen molar-refractivity contribution in [2.45, 2.75) is 25.3 Å². The number of piperidine rings is 1. The first-order valence-electron chi connectivity index (χ1n) is 8.49. The summed E-state index contributed by atoms with van der Waals surface area (Å²) >= 11 is 0. The molecule has 7 nitrogen and oxygen atoms in total. The second-order valence-electron chi connectivity index (χ2n) is 6.34. The van der Waals surface area contributed by atoms with Crippen LogP contribution in [0.4, 0.5) is 0 Å². The molecular weight excluding hydrogens is 318 g/mol. The van der Waals surface area contributed by atoms with E-state index in [4.69, 9.17) is 0 Å². The first-order chi connectivity index (χ1) is 12.1. The highest BCUT2D eigenvalue weighted by Gasteiger charge is 2.40. The summed E-state index contributed by atoms with van der Waals surface area (Å²) in [6.07, 6.45) is 5.07. The Labute approximate surface area is 147 Å². The van der Waals surface area contributed by atoms with Crippen LogP contribution in [0.5, 0.6) is 0 Å². The molecule has 1 aliphatic heterocycles. The van der Waals surface area contributed by atoms with E-state index in [1.807, 2.05) is 31.3 Å². The van der Waals surface area contributed by atoms with E-state index in [0.29, 0.717) is 25.8 Å². The van der Waals surface area contributed by atoms with Gasteiger partial charge in [-0.2, -0.15) is 5.10 Å². The number of hydrogen-bond donors (Lipinski definition) is 1. The fourth-order valence-electron chi connectivity index (χ4n) is 3.38. The molecule has 7 heteroatoms. The number of hydrogen-bond acceptors (Lipinski definition) is 4. The Bertz CT molecular complexity index is 743. The van der Waals surface area contributed by atoms with Crippen LogP contribution in [0.25, 0.3) is 0 Å². The molecule has 132 valence electrons. The summed E-state index contributed by atoms with van der Waals surface area (Å²) in [6.45, 7) is 0.530. The fourth-order valence-corrected chi connectivity index (χ4v) is 3.38. The molecule has 1 saturated heterocycles. The van der Waals surface area contributed by atoms with Crippen LogP contribution in [-0.4, -0.2) is 45.1 Å². The topological polar surface area (TPSA) is 80.1 Å². The van der Waals surface area contributed by atoms with Crippen molar-refractivity contribution in [1.82, 2.24) is 25.0 Å². The van der Waals surface area contributed by atoms with Crippen molar-refractivity contribution in [2.75, 3.05) is 13.6 Å². The predicted octanol–water partition coefficient (Wildman–Crippen LogP) is 1.08. The third kappa shape index (κ3) is 3.70. The minimum Gasteiger partial charge on any atom is -0.355 e. The third-order valence-corrected chi connectivity index (χ3v) is 4.77. The van der Waals surface area contributed by atoms with Gasteiger partial charge in [0, 0.05) is 51.6 Å².